The van der Waals surface area contributed by atoms with Gasteiger partial charge in [-0.2, -0.15) is 0 Å². The van der Waals surface area contributed by atoms with Gasteiger partial charge in [0, 0.05) is 17.8 Å². The first kappa shape index (κ1) is 20.8. The van der Waals surface area contributed by atoms with Gasteiger partial charge in [-0.15, -0.1) is 11.3 Å². The van der Waals surface area contributed by atoms with E-state index in [2.05, 4.69) is 10.0 Å². The molecule has 30 heavy (non-hydrogen) atoms. The second-order valence-electron chi connectivity index (χ2n) is 6.24. The minimum absolute atomic E-state index is 0.0759. The summed E-state index contributed by atoms with van der Waals surface area (Å²) in [6.45, 7) is 0.494. The Morgan fingerprint density at radius 1 is 1.03 bits per heavy atom. The van der Waals surface area contributed by atoms with Crippen LogP contribution in [0.1, 0.15) is 15.9 Å². The Morgan fingerprint density at radius 3 is 2.47 bits per heavy atom. The lowest BCUT2D eigenvalue weighted by atomic mass is 10.1. The van der Waals surface area contributed by atoms with Crippen molar-refractivity contribution in [3.05, 3.63) is 68.3 Å². The molecule has 4 rings (SSSR count). The van der Waals surface area contributed by atoms with Crippen molar-refractivity contribution in [2.75, 3.05) is 11.5 Å². The Kier molecular flexibility index (Phi) is 5.79. The number of nitrogens with one attached hydrogen (secondary N) is 2. The number of ether oxygens (including phenoxy) is 2. The molecule has 2 heterocycles. The molecule has 2 aromatic carbocycles. The molecule has 3 aromatic rings. The molecular formula is C19H14Cl2N2O5S2. The molecule has 156 valence electrons. The quantitative estimate of drug-likeness (QED) is 0.536. The van der Waals surface area contributed by atoms with E-state index in [0.29, 0.717) is 29.3 Å². The number of amides is 1. The van der Waals surface area contributed by atoms with Crippen LogP contribution in [0.15, 0.2) is 53.4 Å². The van der Waals surface area contributed by atoms with Crippen molar-refractivity contribution in [3.8, 4) is 11.5 Å². The lowest BCUT2D eigenvalue weighted by Gasteiger charge is -2.09. The van der Waals surface area contributed by atoms with E-state index >= 15 is 0 Å². The molecule has 0 saturated carbocycles. The number of halogens is 2. The Hall–Kier alpha value is -2.46. The van der Waals surface area contributed by atoms with Gasteiger partial charge in [0.25, 0.3) is 15.9 Å². The number of fused-ring (bicyclic) bond motifs is 1. The molecule has 0 aliphatic carbocycles. The molecule has 1 amide bonds. The summed E-state index contributed by atoms with van der Waals surface area (Å²) in [5.41, 5.74) is 1.54. The van der Waals surface area contributed by atoms with E-state index < -0.39 is 10.0 Å². The number of benzene rings is 2. The normalized spacial score (nSPS) is 12.6. The number of sulfonamides is 1. The third-order valence-corrected chi connectivity index (χ3v) is 7.34. The zero-order valence-corrected chi connectivity index (χ0v) is 18.3. The maximum atomic E-state index is 12.4. The second kappa shape index (κ2) is 8.35. The van der Waals surface area contributed by atoms with E-state index in [4.69, 9.17) is 32.7 Å². The van der Waals surface area contributed by atoms with Crippen LogP contribution in [0.5, 0.6) is 11.5 Å². The summed E-state index contributed by atoms with van der Waals surface area (Å²) in [5, 5.41) is 2.81. The molecule has 0 radical (unpaired) electrons. The number of hydrogen-bond acceptors (Lipinski definition) is 6. The average molecular weight is 485 g/mol. The van der Waals surface area contributed by atoms with Crippen molar-refractivity contribution in [3.63, 3.8) is 0 Å². The monoisotopic (exact) mass is 484 g/mol. The summed E-state index contributed by atoms with van der Waals surface area (Å²) in [6, 6.07) is 12.8. The molecule has 0 spiro atoms. The number of anilines is 1. The highest BCUT2D eigenvalue weighted by Gasteiger charge is 2.21. The standard InChI is InChI=1S/C19H14Cl2N2O5S2/c20-17-8-16(18(21)29-17)30(25,26)23-13-4-2-12(3-5-13)19(24)22-9-11-1-6-14-15(7-11)28-10-27-14/h1-8,23H,9-10H2,(H,22,24). The van der Waals surface area contributed by atoms with Crippen molar-refractivity contribution in [1.82, 2.24) is 5.32 Å². The summed E-state index contributed by atoms with van der Waals surface area (Å²) in [4.78, 5) is 12.3. The molecule has 11 heteroatoms. The molecule has 2 N–H and O–H groups in total. The maximum Gasteiger partial charge on any atom is 0.264 e. The third kappa shape index (κ3) is 4.49. The highest BCUT2D eigenvalue weighted by atomic mass is 35.5. The largest absolute Gasteiger partial charge is 0.454 e. The van der Waals surface area contributed by atoms with E-state index in [9.17, 15) is 13.2 Å². The lowest BCUT2D eigenvalue weighted by molar-refractivity contribution is 0.0951. The second-order valence-corrected chi connectivity index (χ2v) is 10.2. The minimum atomic E-state index is -3.89. The van der Waals surface area contributed by atoms with Crippen LogP contribution in [0.3, 0.4) is 0 Å². The van der Waals surface area contributed by atoms with Crippen LogP contribution in [-0.2, 0) is 16.6 Å². The van der Waals surface area contributed by atoms with Crippen molar-refractivity contribution >= 4 is 56.2 Å². The summed E-state index contributed by atoms with van der Waals surface area (Å²) in [7, 11) is -3.89. The smallest absolute Gasteiger partial charge is 0.264 e. The Morgan fingerprint density at radius 2 is 1.77 bits per heavy atom. The molecule has 7 nitrogen and oxygen atoms in total. The van der Waals surface area contributed by atoms with Crippen molar-refractivity contribution < 1.29 is 22.7 Å². The number of carbonyl (C=O) groups is 1. The summed E-state index contributed by atoms with van der Waals surface area (Å²) in [5.74, 6) is 1.02. The van der Waals surface area contributed by atoms with Crippen molar-refractivity contribution in [2.24, 2.45) is 0 Å². The number of carbonyl (C=O) groups excluding carboxylic acids is 1. The first-order valence-electron chi connectivity index (χ1n) is 8.56. The predicted octanol–water partition coefficient (Wildman–Crippen LogP) is 4.51. The van der Waals surface area contributed by atoms with Gasteiger partial charge in [0.2, 0.25) is 6.79 Å². The van der Waals surface area contributed by atoms with Gasteiger partial charge in [0.15, 0.2) is 11.5 Å². The van der Waals surface area contributed by atoms with Crippen LogP contribution in [0.4, 0.5) is 5.69 Å². The molecule has 0 bridgehead atoms. The third-order valence-electron chi connectivity index (χ3n) is 4.20. The molecule has 1 aliphatic rings. The van der Waals surface area contributed by atoms with Gasteiger partial charge in [-0.25, -0.2) is 8.42 Å². The molecule has 1 aromatic heterocycles. The van der Waals surface area contributed by atoms with E-state index in [0.717, 1.165) is 16.9 Å². The maximum absolute atomic E-state index is 12.4. The first-order chi connectivity index (χ1) is 14.3. The predicted molar refractivity (Wildman–Crippen MR) is 115 cm³/mol. The molecule has 0 fully saturated rings. The number of hydrogen-bond donors (Lipinski definition) is 2. The van der Waals surface area contributed by atoms with Crippen LogP contribution in [0.2, 0.25) is 8.67 Å². The summed E-state index contributed by atoms with van der Waals surface area (Å²) in [6.07, 6.45) is 0. The van der Waals surface area contributed by atoms with Gasteiger partial charge >= 0.3 is 0 Å². The van der Waals surface area contributed by atoms with Crippen LogP contribution in [0, 0.1) is 0 Å². The van der Waals surface area contributed by atoms with Crippen LogP contribution >= 0.6 is 34.5 Å². The van der Waals surface area contributed by atoms with Crippen molar-refractivity contribution in [2.45, 2.75) is 11.4 Å². The Balaban J connectivity index is 1.39. The fourth-order valence-electron chi connectivity index (χ4n) is 2.74. The van der Waals surface area contributed by atoms with Crippen LogP contribution < -0.4 is 19.5 Å². The fraction of sp³-hybridized carbons (Fsp3) is 0.105. The molecule has 0 atom stereocenters. The Labute approximate surface area is 186 Å². The van der Waals surface area contributed by atoms with E-state index in [1.807, 2.05) is 12.1 Å². The van der Waals surface area contributed by atoms with Crippen LogP contribution in [-0.4, -0.2) is 21.1 Å². The van der Waals surface area contributed by atoms with Crippen LogP contribution in [0.25, 0.3) is 0 Å². The van der Waals surface area contributed by atoms with Crippen molar-refractivity contribution in [1.29, 1.82) is 0 Å². The van der Waals surface area contributed by atoms with Gasteiger partial charge < -0.3 is 14.8 Å². The molecule has 1 aliphatic heterocycles. The topological polar surface area (TPSA) is 93.7 Å². The molecule has 0 saturated heterocycles. The summed E-state index contributed by atoms with van der Waals surface area (Å²) >= 11 is 12.7. The highest BCUT2D eigenvalue weighted by Crippen LogP contribution is 2.35. The van der Waals surface area contributed by atoms with Gasteiger partial charge in [0.1, 0.15) is 9.23 Å². The lowest BCUT2D eigenvalue weighted by Crippen LogP contribution is -2.22. The number of thiophene rings is 1. The fourth-order valence-corrected chi connectivity index (χ4v) is 5.95. The Bertz CT molecular complexity index is 1210. The average Bonchev–Trinajstić information content (AvgIpc) is 3.31. The number of rotatable bonds is 6. The van der Waals surface area contributed by atoms with E-state index in [1.54, 1.807) is 6.07 Å². The zero-order chi connectivity index (χ0) is 21.3. The highest BCUT2D eigenvalue weighted by molar-refractivity contribution is 7.93. The van der Waals surface area contributed by atoms with Gasteiger partial charge in [-0.3, -0.25) is 9.52 Å². The van der Waals surface area contributed by atoms with E-state index in [1.165, 1.54) is 30.3 Å². The SMILES string of the molecule is O=C(NCc1ccc2c(c1)OCO2)c1ccc(NS(=O)(=O)c2cc(Cl)sc2Cl)cc1. The minimum Gasteiger partial charge on any atom is -0.454 e. The summed E-state index contributed by atoms with van der Waals surface area (Å²) < 4.78 is 38.2. The molecular weight excluding hydrogens is 471 g/mol. The van der Waals surface area contributed by atoms with Gasteiger partial charge in [-0.05, 0) is 48.0 Å². The first-order valence-corrected chi connectivity index (χ1v) is 11.6. The van der Waals surface area contributed by atoms with Gasteiger partial charge in [-0.1, -0.05) is 29.3 Å². The molecule has 0 unspecified atom stereocenters. The zero-order valence-electron chi connectivity index (χ0n) is 15.1. The van der Waals surface area contributed by atoms with Gasteiger partial charge in [0.05, 0.1) is 4.34 Å². The van der Waals surface area contributed by atoms with E-state index in [-0.39, 0.29) is 26.3 Å².